The van der Waals surface area contributed by atoms with Crippen LogP contribution in [0.5, 0.6) is 0 Å². The molecular weight excluding hydrogens is 455 g/mol. The van der Waals surface area contributed by atoms with Crippen molar-refractivity contribution in [3.63, 3.8) is 0 Å². The lowest BCUT2D eigenvalue weighted by Crippen LogP contribution is -2.41. The van der Waals surface area contributed by atoms with E-state index in [4.69, 9.17) is 5.73 Å². The fourth-order valence-corrected chi connectivity index (χ4v) is 5.97. The van der Waals surface area contributed by atoms with E-state index in [2.05, 4.69) is 9.71 Å². The molecule has 0 radical (unpaired) electrons. The minimum absolute atomic E-state index is 0.0859. The molecule has 0 aliphatic carbocycles. The van der Waals surface area contributed by atoms with E-state index in [0.717, 1.165) is 27.8 Å². The molecule has 0 spiro atoms. The van der Waals surface area contributed by atoms with E-state index in [9.17, 15) is 22.4 Å². The Balaban J connectivity index is 1.46. The predicted octanol–water partition coefficient (Wildman–Crippen LogP) is 2.13. The summed E-state index contributed by atoms with van der Waals surface area (Å²) in [5, 5.41) is 0. The third-order valence-electron chi connectivity index (χ3n) is 5.08. The number of halogens is 1. The second-order valence-corrected chi connectivity index (χ2v) is 10.3. The van der Waals surface area contributed by atoms with Gasteiger partial charge < -0.3 is 10.6 Å². The number of sulfonamides is 1. The molecule has 2 amide bonds. The van der Waals surface area contributed by atoms with Crippen LogP contribution in [0.15, 0.2) is 59.1 Å². The Morgan fingerprint density at radius 3 is 2.81 bits per heavy atom. The summed E-state index contributed by atoms with van der Waals surface area (Å²) in [5.41, 5.74) is 6.29. The maximum absolute atomic E-state index is 14.1. The Morgan fingerprint density at radius 2 is 2.09 bits per heavy atom. The van der Waals surface area contributed by atoms with E-state index in [-0.39, 0.29) is 34.8 Å². The lowest BCUT2D eigenvalue weighted by Gasteiger charge is -2.18. The van der Waals surface area contributed by atoms with Crippen LogP contribution in [0.25, 0.3) is 10.4 Å². The number of nitrogens with zero attached hydrogens (tertiary/aromatic N) is 2. The second kappa shape index (κ2) is 8.77. The van der Waals surface area contributed by atoms with Gasteiger partial charge in [-0.3, -0.25) is 14.6 Å². The van der Waals surface area contributed by atoms with Crippen LogP contribution in [0.4, 0.5) is 4.39 Å². The van der Waals surface area contributed by atoms with Gasteiger partial charge in [0.2, 0.25) is 11.8 Å². The highest BCUT2D eigenvalue weighted by Gasteiger charge is 2.35. The number of primary amides is 1. The molecule has 11 heteroatoms. The minimum Gasteiger partial charge on any atom is -0.366 e. The number of hydrogen-bond donors (Lipinski definition) is 2. The third kappa shape index (κ3) is 4.54. The van der Waals surface area contributed by atoms with Gasteiger partial charge in [0, 0.05) is 47.1 Å². The molecule has 1 atom stereocenters. The van der Waals surface area contributed by atoms with E-state index < -0.39 is 33.7 Å². The molecule has 1 aliphatic rings. The Kier molecular flexibility index (Phi) is 6.04. The monoisotopic (exact) mass is 474 g/mol. The first kappa shape index (κ1) is 22.1. The van der Waals surface area contributed by atoms with Gasteiger partial charge in [0.25, 0.3) is 10.0 Å². The molecule has 0 saturated carbocycles. The molecular formula is C21H19FN4O4S2. The number of pyridine rings is 1. The summed E-state index contributed by atoms with van der Waals surface area (Å²) in [6.45, 7) is 0.159. The van der Waals surface area contributed by atoms with Gasteiger partial charge in [0.1, 0.15) is 16.1 Å². The number of aromatic nitrogens is 1. The molecule has 3 heterocycles. The maximum Gasteiger partial charge on any atom is 0.250 e. The zero-order chi connectivity index (χ0) is 22.9. The first-order chi connectivity index (χ1) is 15.2. The average molecular weight is 475 g/mol. The zero-order valence-electron chi connectivity index (χ0n) is 16.7. The van der Waals surface area contributed by atoms with Crippen LogP contribution < -0.4 is 10.5 Å². The average Bonchev–Trinajstić information content (AvgIpc) is 3.39. The zero-order valence-corrected chi connectivity index (χ0v) is 18.3. The van der Waals surface area contributed by atoms with E-state index in [0.29, 0.717) is 0 Å². The van der Waals surface area contributed by atoms with Crippen molar-refractivity contribution in [3.05, 3.63) is 71.8 Å². The van der Waals surface area contributed by atoms with Crippen LogP contribution in [-0.4, -0.2) is 42.7 Å². The van der Waals surface area contributed by atoms with Gasteiger partial charge in [-0.25, -0.2) is 12.8 Å². The van der Waals surface area contributed by atoms with E-state index in [1.165, 1.54) is 23.1 Å². The highest BCUT2D eigenvalue weighted by Crippen LogP contribution is 2.30. The lowest BCUT2D eigenvalue weighted by molar-refractivity contribution is -0.129. The van der Waals surface area contributed by atoms with Crippen molar-refractivity contribution in [3.8, 4) is 10.4 Å². The summed E-state index contributed by atoms with van der Waals surface area (Å²) in [6.07, 6.45) is 3.51. The van der Waals surface area contributed by atoms with Gasteiger partial charge in [-0.05, 0) is 42.8 Å². The number of hydrogen-bond acceptors (Lipinski definition) is 6. The van der Waals surface area contributed by atoms with Crippen molar-refractivity contribution in [2.45, 2.75) is 23.2 Å². The molecule has 1 aromatic carbocycles. The third-order valence-corrected chi connectivity index (χ3v) is 8.18. The van der Waals surface area contributed by atoms with Crippen molar-refractivity contribution < 1.29 is 22.4 Å². The number of nitrogens with one attached hydrogen (secondary N) is 1. The number of thiophene rings is 1. The molecule has 1 saturated heterocycles. The van der Waals surface area contributed by atoms with Crippen molar-refractivity contribution >= 4 is 33.2 Å². The molecule has 166 valence electrons. The molecule has 2 aromatic heterocycles. The van der Waals surface area contributed by atoms with E-state index >= 15 is 0 Å². The second-order valence-electron chi connectivity index (χ2n) is 7.25. The molecule has 4 rings (SSSR count). The Morgan fingerprint density at radius 1 is 1.28 bits per heavy atom. The number of rotatable bonds is 7. The molecule has 32 heavy (non-hydrogen) atoms. The standard InChI is InChI=1S/C21H19FN4O4S2/c22-16-4-3-13(20(23)27)10-15(16)12-26-9-7-17(21(26)28)25-32(29,30)19-6-5-18(31-19)14-2-1-8-24-11-14/h1-6,8,10-11,17,25H,7,9,12H2,(H2,23,27). The molecule has 1 unspecified atom stereocenters. The number of amides is 2. The van der Waals surface area contributed by atoms with Gasteiger partial charge in [0.15, 0.2) is 0 Å². The lowest BCUT2D eigenvalue weighted by atomic mass is 10.1. The van der Waals surface area contributed by atoms with Crippen LogP contribution in [0.1, 0.15) is 22.3 Å². The summed E-state index contributed by atoms with van der Waals surface area (Å²) in [6, 6.07) is 9.49. The molecule has 0 bridgehead atoms. The normalized spacial score (nSPS) is 16.5. The predicted molar refractivity (Wildman–Crippen MR) is 117 cm³/mol. The number of carbonyl (C=O) groups excluding carboxylic acids is 2. The van der Waals surface area contributed by atoms with Crippen molar-refractivity contribution in [2.24, 2.45) is 5.73 Å². The van der Waals surface area contributed by atoms with Gasteiger partial charge in [-0.15, -0.1) is 11.3 Å². The van der Waals surface area contributed by atoms with Crippen LogP contribution in [-0.2, 0) is 21.4 Å². The highest BCUT2D eigenvalue weighted by atomic mass is 32.2. The number of nitrogens with two attached hydrogens (primary N) is 1. The van der Waals surface area contributed by atoms with Crippen molar-refractivity contribution in [1.29, 1.82) is 0 Å². The van der Waals surface area contributed by atoms with Crippen molar-refractivity contribution in [2.75, 3.05) is 6.54 Å². The fourth-order valence-electron chi connectivity index (χ4n) is 3.43. The number of likely N-dealkylation sites (tertiary alicyclic amines) is 1. The SMILES string of the molecule is NC(=O)c1ccc(F)c(CN2CCC(NS(=O)(=O)c3ccc(-c4cccnc4)s3)C2=O)c1. The van der Waals surface area contributed by atoms with Crippen LogP contribution >= 0.6 is 11.3 Å². The van der Waals surface area contributed by atoms with E-state index in [1.807, 2.05) is 6.07 Å². The summed E-state index contributed by atoms with van der Waals surface area (Å²) < 4.78 is 42.3. The van der Waals surface area contributed by atoms with Gasteiger partial charge in [-0.1, -0.05) is 6.07 Å². The quantitative estimate of drug-likeness (QED) is 0.543. The van der Waals surface area contributed by atoms with Gasteiger partial charge >= 0.3 is 0 Å². The fraction of sp³-hybridized carbons (Fsp3) is 0.190. The van der Waals surface area contributed by atoms with E-state index in [1.54, 1.807) is 24.5 Å². The number of carbonyl (C=O) groups is 2. The molecule has 1 fully saturated rings. The molecule has 3 N–H and O–H groups in total. The first-order valence-electron chi connectivity index (χ1n) is 9.64. The summed E-state index contributed by atoms with van der Waals surface area (Å²) in [4.78, 5) is 30.2. The molecule has 8 nitrogen and oxygen atoms in total. The Bertz CT molecular complexity index is 1280. The summed E-state index contributed by atoms with van der Waals surface area (Å²) in [5.74, 6) is -1.74. The summed E-state index contributed by atoms with van der Waals surface area (Å²) in [7, 11) is -3.92. The number of benzene rings is 1. The topological polar surface area (TPSA) is 122 Å². The van der Waals surface area contributed by atoms with Crippen LogP contribution in [0.2, 0.25) is 0 Å². The van der Waals surface area contributed by atoms with Crippen LogP contribution in [0, 0.1) is 5.82 Å². The largest absolute Gasteiger partial charge is 0.366 e. The molecule has 3 aromatic rings. The molecule has 1 aliphatic heterocycles. The Hall–Kier alpha value is -3.15. The van der Waals surface area contributed by atoms with Gasteiger partial charge in [-0.2, -0.15) is 4.72 Å². The van der Waals surface area contributed by atoms with Crippen LogP contribution in [0.3, 0.4) is 0 Å². The maximum atomic E-state index is 14.1. The highest BCUT2D eigenvalue weighted by molar-refractivity contribution is 7.91. The van der Waals surface area contributed by atoms with Gasteiger partial charge in [0.05, 0.1) is 0 Å². The Labute approximate surface area is 187 Å². The smallest absolute Gasteiger partial charge is 0.250 e. The first-order valence-corrected chi connectivity index (χ1v) is 11.9. The minimum atomic E-state index is -3.92. The summed E-state index contributed by atoms with van der Waals surface area (Å²) >= 11 is 1.08. The van der Waals surface area contributed by atoms with Crippen molar-refractivity contribution in [1.82, 2.24) is 14.6 Å².